The van der Waals surface area contributed by atoms with Gasteiger partial charge in [0.25, 0.3) is 0 Å². The molecule has 0 aromatic rings. The highest BCUT2D eigenvalue weighted by molar-refractivity contribution is 5.85. The molecule has 0 atom stereocenters. The van der Waals surface area contributed by atoms with Crippen LogP contribution in [0, 0.1) is 5.41 Å². The molecule has 0 aromatic carbocycles. The second-order valence-corrected chi connectivity index (χ2v) is 4.21. The number of rotatable bonds is 4. The van der Waals surface area contributed by atoms with E-state index in [1.165, 1.54) is 0 Å². The molecule has 0 bridgehead atoms. The Morgan fingerprint density at radius 1 is 1.32 bits per heavy atom. The van der Waals surface area contributed by atoms with Crippen LogP contribution in [-0.2, 0) is 19.1 Å². The van der Waals surface area contributed by atoms with Gasteiger partial charge < -0.3 is 19.7 Å². The van der Waals surface area contributed by atoms with Gasteiger partial charge in [-0.1, -0.05) is 19.6 Å². The van der Waals surface area contributed by atoms with Crippen molar-refractivity contribution < 1.29 is 29.3 Å². The fourth-order valence-electron chi connectivity index (χ4n) is 1.50. The lowest BCUT2D eigenvalue weighted by Gasteiger charge is -2.33. The van der Waals surface area contributed by atoms with E-state index < -0.39 is 11.9 Å². The van der Waals surface area contributed by atoms with Gasteiger partial charge in [-0.2, -0.15) is 0 Å². The van der Waals surface area contributed by atoms with E-state index in [4.69, 9.17) is 19.7 Å². The molecule has 6 nitrogen and oxygen atoms in total. The van der Waals surface area contributed by atoms with E-state index in [9.17, 15) is 9.59 Å². The van der Waals surface area contributed by atoms with Crippen molar-refractivity contribution in [1.29, 1.82) is 0 Å². The quantitative estimate of drug-likeness (QED) is 0.756. The first-order chi connectivity index (χ1) is 8.87. The van der Waals surface area contributed by atoms with Gasteiger partial charge in [0.15, 0.2) is 0 Å². The van der Waals surface area contributed by atoms with Gasteiger partial charge in [-0.05, 0) is 13.3 Å². The monoisotopic (exact) mass is 272 g/mol. The minimum atomic E-state index is -0.981. The Bertz CT molecular complexity index is 352. The minimum Gasteiger partial charge on any atom is -0.478 e. The Morgan fingerprint density at radius 2 is 1.79 bits per heavy atom. The zero-order valence-corrected chi connectivity index (χ0v) is 11.2. The molecule has 0 aliphatic carbocycles. The third-order valence-electron chi connectivity index (χ3n) is 2.68. The van der Waals surface area contributed by atoms with E-state index in [-0.39, 0.29) is 5.41 Å². The molecule has 6 heteroatoms. The van der Waals surface area contributed by atoms with Crippen LogP contribution in [0.4, 0.5) is 0 Å². The molecule has 1 saturated heterocycles. The summed E-state index contributed by atoms with van der Waals surface area (Å²) in [5.41, 5.74) is 0.0849. The van der Waals surface area contributed by atoms with E-state index in [2.05, 4.69) is 6.58 Å². The molecule has 0 unspecified atom stereocenters. The first kappa shape index (κ1) is 17.3. The summed E-state index contributed by atoms with van der Waals surface area (Å²) in [6.45, 7) is 7.93. The maximum absolute atomic E-state index is 10.7. The number of carboxylic acids is 2. The van der Waals surface area contributed by atoms with Crippen molar-refractivity contribution in [1.82, 2.24) is 0 Å². The minimum absolute atomic E-state index is 0.263. The first-order valence-corrected chi connectivity index (χ1v) is 5.80. The second-order valence-electron chi connectivity index (χ2n) is 4.21. The molecule has 0 saturated carbocycles. The summed E-state index contributed by atoms with van der Waals surface area (Å²) in [7, 11) is 0. The summed E-state index contributed by atoms with van der Waals surface area (Å²) >= 11 is 0. The Hall–Kier alpha value is -1.66. The molecule has 0 amide bonds. The molecule has 1 aliphatic rings. The number of ether oxygens (including phenoxy) is 2. The highest BCUT2D eigenvalue weighted by Gasteiger charge is 2.30. The van der Waals surface area contributed by atoms with Gasteiger partial charge in [-0.3, -0.25) is 0 Å². The van der Waals surface area contributed by atoms with Crippen molar-refractivity contribution in [2.75, 3.05) is 20.0 Å². The molecule has 1 fully saturated rings. The third-order valence-corrected chi connectivity index (χ3v) is 2.68. The van der Waals surface area contributed by atoms with Crippen LogP contribution in [0.2, 0.25) is 0 Å². The highest BCUT2D eigenvalue weighted by atomic mass is 16.7. The van der Waals surface area contributed by atoms with Crippen LogP contribution in [0.25, 0.3) is 0 Å². The maximum Gasteiger partial charge on any atom is 0.330 e. The number of hydrogen-bond donors (Lipinski definition) is 2. The van der Waals surface area contributed by atoms with Gasteiger partial charge in [-0.25, -0.2) is 9.59 Å². The van der Waals surface area contributed by atoms with Crippen molar-refractivity contribution in [3.63, 3.8) is 0 Å². The molecule has 0 aromatic heterocycles. The van der Waals surface area contributed by atoms with Crippen molar-refractivity contribution >= 4 is 11.9 Å². The molecular formula is C13H20O6. The standard InChI is InChI=1S/C10H16O4.C3H4O2/c1-3-10(4-8(2)9(11)12)5-13-7-14-6-10;1-2-3(4)5/h4H,3,5-7H2,1-2H3,(H,11,12);2H,1H2,(H,4,5). The number of aliphatic carboxylic acids is 2. The van der Waals surface area contributed by atoms with Gasteiger partial charge in [0, 0.05) is 17.1 Å². The molecule has 1 aliphatic heterocycles. The van der Waals surface area contributed by atoms with E-state index in [0.717, 1.165) is 12.5 Å². The molecule has 19 heavy (non-hydrogen) atoms. The predicted octanol–water partition coefficient (Wildman–Crippen LogP) is 1.68. The van der Waals surface area contributed by atoms with Crippen LogP contribution < -0.4 is 0 Å². The van der Waals surface area contributed by atoms with E-state index in [0.29, 0.717) is 25.6 Å². The number of carboxylic acid groups (broad SMARTS) is 2. The van der Waals surface area contributed by atoms with Crippen molar-refractivity contribution in [3.05, 3.63) is 24.3 Å². The number of carbonyl (C=O) groups is 2. The topological polar surface area (TPSA) is 93.1 Å². The lowest BCUT2D eigenvalue weighted by molar-refractivity contribution is -0.150. The Kier molecular flexibility index (Phi) is 7.71. The lowest BCUT2D eigenvalue weighted by Crippen LogP contribution is -2.35. The summed E-state index contributed by atoms with van der Waals surface area (Å²) in [5.74, 6) is -1.87. The van der Waals surface area contributed by atoms with Crippen molar-refractivity contribution in [2.24, 2.45) is 5.41 Å². The van der Waals surface area contributed by atoms with Crippen LogP contribution in [-0.4, -0.2) is 42.2 Å². The smallest absolute Gasteiger partial charge is 0.330 e. The molecule has 1 rings (SSSR count). The fraction of sp³-hybridized carbons (Fsp3) is 0.538. The summed E-state index contributed by atoms with van der Waals surface area (Å²) in [5, 5.41) is 16.4. The van der Waals surface area contributed by atoms with Gasteiger partial charge in [0.2, 0.25) is 0 Å². The molecule has 1 heterocycles. The van der Waals surface area contributed by atoms with E-state index in [1.807, 2.05) is 6.92 Å². The second kappa shape index (κ2) is 8.44. The van der Waals surface area contributed by atoms with E-state index >= 15 is 0 Å². The zero-order chi connectivity index (χ0) is 14.9. The largest absolute Gasteiger partial charge is 0.478 e. The van der Waals surface area contributed by atoms with Gasteiger partial charge >= 0.3 is 11.9 Å². The summed E-state index contributed by atoms with van der Waals surface area (Å²) in [6, 6.07) is 0. The van der Waals surface area contributed by atoms with Crippen LogP contribution in [0.5, 0.6) is 0 Å². The summed E-state index contributed by atoms with van der Waals surface area (Å²) < 4.78 is 10.4. The van der Waals surface area contributed by atoms with Crippen LogP contribution in [0.1, 0.15) is 20.3 Å². The lowest BCUT2D eigenvalue weighted by atomic mass is 9.84. The SMILES string of the molecule is C=CC(=O)O.CCC1(C=C(C)C(=O)O)COCOC1. The maximum atomic E-state index is 10.7. The van der Waals surface area contributed by atoms with Crippen molar-refractivity contribution in [3.8, 4) is 0 Å². The molecule has 0 radical (unpaired) electrons. The van der Waals surface area contributed by atoms with Gasteiger partial charge in [0.1, 0.15) is 6.79 Å². The third kappa shape index (κ3) is 6.73. The molecular weight excluding hydrogens is 252 g/mol. The van der Waals surface area contributed by atoms with Crippen LogP contribution >= 0.6 is 0 Å². The molecule has 0 spiro atoms. The average Bonchev–Trinajstić information content (AvgIpc) is 2.40. The van der Waals surface area contributed by atoms with Gasteiger partial charge in [-0.15, -0.1) is 0 Å². The van der Waals surface area contributed by atoms with Crippen LogP contribution in [0.3, 0.4) is 0 Å². The Balaban J connectivity index is 0.000000555. The Morgan fingerprint density at radius 3 is 2.11 bits per heavy atom. The predicted molar refractivity (Wildman–Crippen MR) is 68.7 cm³/mol. The zero-order valence-electron chi connectivity index (χ0n) is 11.2. The fourth-order valence-corrected chi connectivity index (χ4v) is 1.50. The van der Waals surface area contributed by atoms with Gasteiger partial charge in [0.05, 0.1) is 13.2 Å². The van der Waals surface area contributed by atoms with E-state index in [1.54, 1.807) is 13.0 Å². The normalized spacial score (nSPS) is 17.9. The average molecular weight is 272 g/mol. The Labute approximate surface area is 112 Å². The highest BCUT2D eigenvalue weighted by Crippen LogP contribution is 2.29. The first-order valence-electron chi connectivity index (χ1n) is 5.80. The molecule has 2 N–H and O–H groups in total. The summed E-state index contributed by atoms with van der Waals surface area (Å²) in [4.78, 5) is 19.9. The van der Waals surface area contributed by atoms with Crippen molar-refractivity contribution in [2.45, 2.75) is 20.3 Å². The van der Waals surface area contributed by atoms with Crippen LogP contribution in [0.15, 0.2) is 24.3 Å². The number of hydrogen-bond acceptors (Lipinski definition) is 4. The summed E-state index contributed by atoms with van der Waals surface area (Å²) in [6.07, 6.45) is 3.39. The molecule has 108 valence electrons.